The molecule has 21 heteroatoms. The number of nitrogen functional groups attached to an aromatic ring is 1. The first-order valence-corrected chi connectivity index (χ1v) is 23.5. The van der Waals surface area contributed by atoms with Crippen molar-refractivity contribution in [3.05, 3.63) is 123 Å². The number of nitrogens with two attached hydrogens (primary N) is 1. The standard InChI is InChI=1S/C50H54F3N9O8S/c1-47(2,60-45(71)57-30-8-11-34-33(18-30)44(65)70-49(34)35-12-9-31(63)19-38(35)69-39-20-32(64)10-13-36(39)49)26-68-48(3,4)27-67-25-29-6-5-16-61(23-29)17-15-55-41-14-7-28(22-56-41)24-62-37-21-40(50(51,52)53)58-43(54)42(37)59-46(62)66/h7-14,18-22,29,63-64H,5-6,15-17,23-27H2,1-4H3,(H2,54,58)(H,55,56)(H,59,66)(H2,57,60,71). The normalized spacial score (nSPS) is 16.5. The molecular formula is C50H54F3N9O8S. The third kappa shape index (κ3) is 10.4. The number of imidazole rings is 1. The van der Waals surface area contributed by atoms with Gasteiger partial charge in [-0.15, -0.1) is 0 Å². The fourth-order valence-electron chi connectivity index (χ4n) is 9.29. The molecule has 374 valence electrons. The zero-order valence-corrected chi connectivity index (χ0v) is 40.2. The number of halogens is 3. The van der Waals surface area contributed by atoms with Crippen LogP contribution in [0.1, 0.15) is 78.8 Å². The van der Waals surface area contributed by atoms with E-state index in [4.69, 9.17) is 36.9 Å². The molecule has 3 aromatic carbocycles. The van der Waals surface area contributed by atoms with Crippen LogP contribution in [0.5, 0.6) is 23.0 Å². The number of ether oxygens (including phenoxy) is 4. The Bertz CT molecular complexity index is 3020. The van der Waals surface area contributed by atoms with Crippen molar-refractivity contribution in [3.8, 4) is 23.0 Å². The van der Waals surface area contributed by atoms with Crippen LogP contribution < -0.4 is 32.1 Å². The van der Waals surface area contributed by atoms with Gasteiger partial charge in [-0.1, -0.05) is 12.1 Å². The van der Waals surface area contributed by atoms with E-state index < -0.39 is 46.1 Å². The second kappa shape index (κ2) is 19.0. The van der Waals surface area contributed by atoms with Gasteiger partial charge >= 0.3 is 17.8 Å². The van der Waals surface area contributed by atoms with Crippen molar-refractivity contribution < 1.29 is 47.1 Å². The highest BCUT2D eigenvalue weighted by atomic mass is 32.1. The molecule has 3 aromatic heterocycles. The van der Waals surface area contributed by atoms with E-state index >= 15 is 0 Å². The van der Waals surface area contributed by atoms with E-state index in [9.17, 15) is 33.0 Å². The van der Waals surface area contributed by atoms with E-state index in [0.717, 1.165) is 38.5 Å². The van der Waals surface area contributed by atoms with Gasteiger partial charge in [0.2, 0.25) is 0 Å². The highest BCUT2D eigenvalue weighted by Gasteiger charge is 2.54. The zero-order chi connectivity index (χ0) is 50.5. The van der Waals surface area contributed by atoms with Crippen molar-refractivity contribution in [2.75, 3.05) is 62.4 Å². The molecule has 8 N–H and O–H groups in total. The van der Waals surface area contributed by atoms with Crippen LogP contribution >= 0.6 is 12.2 Å². The lowest BCUT2D eigenvalue weighted by Gasteiger charge is -2.36. The van der Waals surface area contributed by atoms with Crippen LogP contribution in [0.4, 0.5) is 30.5 Å². The van der Waals surface area contributed by atoms with Gasteiger partial charge in [0.1, 0.15) is 45.8 Å². The first-order valence-electron chi connectivity index (χ1n) is 23.1. The number of H-pyrrole nitrogens is 1. The van der Waals surface area contributed by atoms with Crippen LogP contribution in [0.3, 0.4) is 0 Å². The monoisotopic (exact) mass is 997 g/mol. The van der Waals surface area contributed by atoms with Crippen molar-refractivity contribution >= 4 is 51.7 Å². The average molecular weight is 998 g/mol. The number of aromatic amines is 1. The van der Waals surface area contributed by atoms with Crippen molar-refractivity contribution in [2.24, 2.45) is 5.92 Å². The molecule has 0 aliphatic carbocycles. The summed E-state index contributed by atoms with van der Waals surface area (Å²) in [5.74, 6) is 0.565. The Kier molecular flexibility index (Phi) is 13.1. The van der Waals surface area contributed by atoms with Gasteiger partial charge in [-0.3, -0.25) is 4.57 Å². The molecule has 0 saturated carbocycles. The lowest BCUT2D eigenvalue weighted by Crippen LogP contribution is -2.50. The minimum Gasteiger partial charge on any atom is -0.508 e. The first kappa shape index (κ1) is 49.1. The van der Waals surface area contributed by atoms with Crippen LogP contribution in [0.25, 0.3) is 11.0 Å². The number of pyridine rings is 2. The van der Waals surface area contributed by atoms with Gasteiger partial charge in [0.15, 0.2) is 10.7 Å². The summed E-state index contributed by atoms with van der Waals surface area (Å²) in [4.78, 5) is 39.0. The molecule has 71 heavy (non-hydrogen) atoms. The third-order valence-corrected chi connectivity index (χ3v) is 12.9. The van der Waals surface area contributed by atoms with Gasteiger partial charge in [-0.05, 0) is 119 Å². The summed E-state index contributed by atoms with van der Waals surface area (Å²) in [6, 6.07) is 18.9. The number of benzene rings is 3. The Morgan fingerprint density at radius 1 is 0.972 bits per heavy atom. The van der Waals surface area contributed by atoms with Crippen LogP contribution in [0.15, 0.2) is 83.8 Å². The highest BCUT2D eigenvalue weighted by Crippen LogP contribution is 2.57. The number of nitrogens with zero attached hydrogens (tertiary/aromatic N) is 4. The largest absolute Gasteiger partial charge is 0.508 e. The number of hydrogen-bond acceptors (Lipinski definition) is 14. The van der Waals surface area contributed by atoms with Gasteiger partial charge in [-0.2, -0.15) is 13.2 Å². The van der Waals surface area contributed by atoms with Crippen molar-refractivity contribution in [3.63, 3.8) is 0 Å². The number of anilines is 3. The maximum atomic E-state index is 13.6. The number of aromatic nitrogens is 4. The minimum atomic E-state index is -4.72. The second-order valence-electron chi connectivity index (χ2n) is 19.4. The number of phenols is 2. The minimum absolute atomic E-state index is 0.00824. The SMILES string of the molecule is CC(C)(COC(C)(C)COCC1CCCN(CCNc2ccc(Cn3c(=O)[nH]c4c(N)nc(C(F)(F)F)cc43)cn2)C1)NC(=S)Nc1ccc2c(c1)C(=O)OC21c2ccc(O)cc2Oc2cc(O)ccc21. The van der Waals surface area contributed by atoms with Crippen LogP contribution in [-0.4, -0.2) is 103 Å². The van der Waals surface area contributed by atoms with Gasteiger partial charge in [0.05, 0.1) is 48.6 Å². The Hall–Kier alpha value is -6.94. The number of aromatic hydroxyl groups is 2. The predicted molar refractivity (Wildman–Crippen MR) is 263 cm³/mol. The number of likely N-dealkylation sites (tertiary alicyclic amines) is 1. The van der Waals surface area contributed by atoms with E-state index in [1.165, 1.54) is 28.8 Å². The molecular weight excluding hydrogens is 944 g/mol. The molecule has 3 aliphatic heterocycles. The number of nitrogens with one attached hydrogen (secondary N) is 4. The fraction of sp³-hybridized carbons (Fsp3) is 0.380. The summed E-state index contributed by atoms with van der Waals surface area (Å²) < 4.78 is 66.2. The lowest BCUT2D eigenvalue weighted by atomic mass is 9.77. The number of alkyl halides is 3. The second-order valence-corrected chi connectivity index (χ2v) is 19.8. The number of esters is 1. The molecule has 3 aliphatic rings. The summed E-state index contributed by atoms with van der Waals surface area (Å²) >= 11 is 5.72. The Balaban J connectivity index is 0.714. The Morgan fingerprint density at radius 2 is 1.69 bits per heavy atom. The topological polar surface area (TPSA) is 223 Å². The molecule has 1 atom stereocenters. The van der Waals surface area contributed by atoms with Crippen molar-refractivity contribution in [1.82, 2.24) is 29.7 Å². The quantitative estimate of drug-likeness (QED) is 0.0392. The molecule has 1 fully saturated rings. The third-order valence-electron chi connectivity index (χ3n) is 12.7. The van der Waals surface area contributed by atoms with Crippen LogP contribution in [0, 0.1) is 5.92 Å². The van der Waals surface area contributed by atoms with E-state index in [1.807, 2.05) is 27.7 Å². The average Bonchev–Trinajstić information content (AvgIpc) is 3.77. The maximum Gasteiger partial charge on any atom is 0.433 e. The molecule has 6 aromatic rings. The van der Waals surface area contributed by atoms with E-state index in [1.54, 1.807) is 48.7 Å². The number of hydrogen-bond donors (Lipinski definition) is 7. The fourth-order valence-corrected chi connectivity index (χ4v) is 9.69. The van der Waals surface area contributed by atoms with E-state index in [2.05, 4.69) is 35.8 Å². The first-order chi connectivity index (χ1) is 33.7. The number of piperidine rings is 1. The number of rotatable bonds is 15. The summed E-state index contributed by atoms with van der Waals surface area (Å²) in [5, 5.41) is 30.6. The summed E-state index contributed by atoms with van der Waals surface area (Å²) in [6.07, 6.45) is -1.05. The number of fused-ring (bicyclic) bond motifs is 7. The molecule has 0 amide bonds. The van der Waals surface area contributed by atoms with Crippen LogP contribution in [0.2, 0.25) is 0 Å². The smallest absolute Gasteiger partial charge is 0.433 e. The van der Waals surface area contributed by atoms with Crippen molar-refractivity contribution in [1.29, 1.82) is 0 Å². The van der Waals surface area contributed by atoms with Gasteiger partial charge < -0.3 is 60.7 Å². The predicted octanol–water partition coefficient (Wildman–Crippen LogP) is 7.45. The number of phenolic OH excluding ortho intramolecular Hbond substituents is 2. The summed E-state index contributed by atoms with van der Waals surface area (Å²) in [6.45, 7) is 12.5. The maximum absolute atomic E-state index is 13.6. The molecule has 0 radical (unpaired) electrons. The summed E-state index contributed by atoms with van der Waals surface area (Å²) in [7, 11) is 0. The number of carbonyl (C=O) groups is 1. The van der Waals surface area contributed by atoms with Crippen LogP contribution in [-0.2, 0) is 32.5 Å². The van der Waals surface area contributed by atoms with Crippen molar-refractivity contribution in [2.45, 2.75) is 70.0 Å². The lowest BCUT2D eigenvalue weighted by molar-refractivity contribution is -0.141. The Labute approximate surface area is 411 Å². The summed E-state index contributed by atoms with van der Waals surface area (Å²) in [5.41, 5.74) is 4.59. The number of carbonyl (C=O) groups excluding carboxylic acids is 1. The molecule has 0 bridgehead atoms. The molecule has 6 heterocycles. The van der Waals surface area contributed by atoms with E-state index in [0.29, 0.717) is 88.2 Å². The molecule has 9 rings (SSSR count). The van der Waals surface area contributed by atoms with Gasteiger partial charge in [-0.25, -0.2) is 19.6 Å². The number of thiocarbonyl (C=S) groups is 1. The highest BCUT2D eigenvalue weighted by molar-refractivity contribution is 7.80. The van der Waals surface area contributed by atoms with E-state index in [-0.39, 0.29) is 29.1 Å². The molecule has 1 saturated heterocycles. The molecule has 17 nitrogen and oxygen atoms in total. The molecule has 1 unspecified atom stereocenters. The van der Waals surface area contributed by atoms with Gasteiger partial charge in [0.25, 0.3) is 0 Å². The zero-order valence-electron chi connectivity index (χ0n) is 39.4. The Morgan fingerprint density at radius 3 is 2.38 bits per heavy atom. The molecule has 1 spiro atoms. The van der Waals surface area contributed by atoms with Gasteiger partial charge in [0, 0.05) is 60.3 Å².